The number of thiocarbonyl (C=S) groups is 1. The molecule has 5 rings (SSSR count). The van der Waals surface area contributed by atoms with E-state index in [-0.39, 0.29) is 10.9 Å². The lowest BCUT2D eigenvalue weighted by molar-refractivity contribution is 0.0953. The lowest BCUT2D eigenvalue weighted by Gasteiger charge is -2.11. The quantitative estimate of drug-likeness (QED) is 0.282. The molecule has 172 valence electrons. The predicted molar refractivity (Wildman–Crippen MR) is 140 cm³/mol. The maximum Gasteiger partial charge on any atom is 0.293 e. The number of hydrogen-bond donors (Lipinski definition) is 2. The summed E-state index contributed by atoms with van der Waals surface area (Å²) < 4.78 is 11.6. The number of nitrogens with zero attached hydrogens (tertiary/aromatic N) is 1. The molecule has 5 aromatic rings. The average molecular weight is 480 g/mol. The maximum atomic E-state index is 12.7. The molecule has 0 saturated heterocycles. The summed E-state index contributed by atoms with van der Waals surface area (Å²) in [6.45, 7) is 0.458. The molecule has 6 nitrogen and oxygen atoms in total. The molecule has 7 heteroatoms. The number of aromatic nitrogens is 1. The zero-order valence-electron chi connectivity index (χ0n) is 18.6. The number of carbonyl (C=O) groups excluding carboxylic acids is 1. The highest BCUT2D eigenvalue weighted by Gasteiger charge is 2.15. The number of pyridine rings is 1. The lowest BCUT2D eigenvalue weighted by atomic mass is 10.1. The monoisotopic (exact) mass is 479 g/mol. The third-order valence-corrected chi connectivity index (χ3v) is 5.47. The number of furan rings is 1. The van der Waals surface area contributed by atoms with Gasteiger partial charge < -0.3 is 14.5 Å². The fourth-order valence-corrected chi connectivity index (χ4v) is 3.79. The second-order valence-corrected chi connectivity index (χ2v) is 8.20. The van der Waals surface area contributed by atoms with Crippen molar-refractivity contribution in [2.24, 2.45) is 0 Å². The minimum atomic E-state index is -0.436. The van der Waals surface area contributed by atoms with Crippen molar-refractivity contribution in [2.75, 3.05) is 5.32 Å². The molecule has 0 atom stereocenters. The Bertz CT molecular complexity index is 1480. The number of nitrogens with one attached hydrogen (secondary N) is 2. The standard InChI is InChI=1S/C28H21N3O3S/c32-27(26-16-21-15-20(12-13-25(21)34-26)24-11-4-5-14-29-24)31-28(35)30-22-9-6-10-23(17-22)33-18-19-7-2-1-3-8-19/h1-17H,18H2,(H2,30,31,32,35). The number of amides is 1. The van der Waals surface area contributed by atoms with E-state index < -0.39 is 5.91 Å². The van der Waals surface area contributed by atoms with Gasteiger partial charge in [-0.05, 0) is 66.3 Å². The van der Waals surface area contributed by atoms with E-state index in [1.165, 1.54) is 0 Å². The van der Waals surface area contributed by atoms with Crippen LogP contribution in [0, 0.1) is 0 Å². The van der Waals surface area contributed by atoms with Crippen molar-refractivity contribution in [3.63, 3.8) is 0 Å². The van der Waals surface area contributed by atoms with Gasteiger partial charge in [-0.3, -0.25) is 15.1 Å². The molecule has 0 radical (unpaired) electrons. The van der Waals surface area contributed by atoms with Gasteiger partial charge in [-0.1, -0.05) is 42.5 Å². The Morgan fingerprint density at radius 3 is 2.60 bits per heavy atom. The van der Waals surface area contributed by atoms with Crippen LogP contribution in [0.25, 0.3) is 22.2 Å². The smallest absolute Gasteiger partial charge is 0.293 e. The second-order valence-electron chi connectivity index (χ2n) is 7.79. The Labute approximate surface area is 207 Å². The molecule has 3 aromatic carbocycles. The fourth-order valence-electron chi connectivity index (χ4n) is 3.58. The first-order valence-corrected chi connectivity index (χ1v) is 11.4. The van der Waals surface area contributed by atoms with Crippen LogP contribution in [0.2, 0.25) is 0 Å². The van der Waals surface area contributed by atoms with Crippen molar-refractivity contribution in [1.29, 1.82) is 0 Å². The number of ether oxygens (including phenoxy) is 1. The molecule has 0 aliphatic heterocycles. The third-order valence-electron chi connectivity index (χ3n) is 5.27. The van der Waals surface area contributed by atoms with Crippen LogP contribution >= 0.6 is 12.2 Å². The summed E-state index contributed by atoms with van der Waals surface area (Å²) in [5, 5.41) is 6.64. The van der Waals surface area contributed by atoms with Crippen LogP contribution in [0.5, 0.6) is 5.75 Å². The second kappa shape index (κ2) is 10.2. The van der Waals surface area contributed by atoms with Crippen molar-refractivity contribution >= 4 is 39.9 Å². The largest absolute Gasteiger partial charge is 0.489 e. The van der Waals surface area contributed by atoms with Gasteiger partial charge in [0, 0.05) is 28.9 Å². The van der Waals surface area contributed by atoms with Crippen LogP contribution < -0.4 is 15.4 Å². The van der Waals surface area contributed by atoms with Gasteiger partial charge in [-0.25, -0.2) is 0 Å². The van der Waals surface area contributed by atoms with E-state index in [1.54, 1.807) is 12.3 Å². The van der Waals surface area contributed by atoms with E-state index in [0.717, 1.165) is 22.2 Å². The number of rotatable bonds is 6. The Morgan fingerprint density at radius 2 is 1.77 bits per heavy atom. The Balaban J connectivity index is 1.22. The summed E-state index contributed by atoms with van der Waals surface area (Å²) in [5.41, 5.74) is 4.17. The molecule has 0 unspecified atom stereocenters. The molecule has 35 heavy (non-hydrogen) atoms. The van der Waals surface area contributed by atoms with Crippen LogP contribution in [0.15, 0.2) is 108 Å². The molecule has 2 heterocycles. The number of carbonyl (C=O) groups is 1. The molecule has 0 bridgehead atoms. The number of hydrogen-bond acceptors (Lipinski definition) is 5. The minimum Gasteiger partial charge on any atom is -0.489 e. The average Bonchev–Trinajstić information content (AvgIpc) is 3.33. The van der Waals surface area contributed by atoms with Crippen LogP contribution in [0.3, 0.4) is 0 Å². The lowest BCUT2D eigenvalue weighted by Crippen LogP contribution is -2.33. The van der Waals surface area contributed by atoms with Gasteiger partial charge >= 0.3 is 0 Å². The normalized spacial score (nSPS) is 10.6. The zero-order valence-corrected chi connectivity index (χ0v) is 19.4. The molecule has 0 aliphatic carbocycles. The number of anilines is 1. The summed E-state index contributed by atoms with van der Waals surface area (Å²) in [7, 11) is 0. The third kappa shape index (κ3) is 5.54. The summed E-state index contributed by atoms with van der Waals surface area (Å²) in [5.74, 6) is 0.422. The van der Waals surface area contributed by atoms with Crippen molar-refractivity contribution in [2.45, 2.75) is 6.61 Å². The molecule has 2 N–H and O–H groups in total. The highest BCUT2D eigenvalue weighted by atomic mass is 32.1. The summed E-state index contributed by atoms with van der Waals surface area (Å²) >= 11 is 5.33. The zero-order chi connectivity index (χ0) is 24.0. The van der Waals surface area contributed by atoms with Crippen molar-refractivity contribution in [1.82, 2.24) is 10.3 Å². The minimum absolute atomic E-state index is 0.157. The molecular formula is C28H21N3O3S. The summed E-state index contributed by atoms with van der Waals surface area (Å²) in [4.78, 5) is 17.1. The molecule has 0 aliphatic rings. The maximum absolute atomic E-state index is 12.7. The Hall–Kier alpha value is -4.49. The first-order valence-electron chi connectivity index (χ1n) is 11.0. The van der Waals surface area contributed by atoms with Gasteiger partial charge in [-0.2, -0.15) is 0 Å². The van der Waals surface area contributed by atoms with E-state index in [9.17, 15) is 4.79 Å². The molecule has 1 amide bonds. The first-order chi connectivity index (χ1) is 17.1. The van der Waals surface area contributed by atoms with Crippen molar-refractivity contribution < 1.29 is 13.9 Å². The topological polar surface area (TPSA) is 76.4 Å². The van der Waals surface area contributed by atoms with Gasteiger partial charge in [0.05, 0.1) is 5.69 Å². The van der Waals surface area contributed by atoms with Crippen LogP contribution in [0.1, 0.15) is 16.1 Å². The first kappa shape index (κ1) is 22.3. The van der Waals surface area contributed by atoms with Gasteiger partial charge in [0.15, 0.2) is 10.9 Å². The van der Waals surface area contributed by atoms with E-state index in [4.69, 9.17) is 21.4 Å². The van der Waals surface area contributed by atoms with Gasteiger partial charge in [0.25, 0.3) is 5.91 Å². The molecule has 0 fully saturated rings. The highest BCUT2D eigenvalue weighted by molar-refractivity contribution is 7.80. The molecule has 0 spiro atoms. The van der Waals surface area contributed by atoms with Gasteiger partial charge in [0.2, 0.25) is 0 Å². The van der Waals surface area contributed by atoms with Crippen LogP contribution in [-0.2, 0) is 6.61 Å². The SMILES string of the molecule is O=C(NC(=S)Nc1cccc(OCc2ccccc2)c1)c1cc2cc(-c3ccccn3)ccc2o1. The number of fused-ring (bicyclic) bond motifs is 1. The summed E-state index contributed by atoms with van der Waals surface area (Å²) in [6.07, 6.45) is 1.74. The van der Waals surface area contributed by atoms with Crippen molar-refractivity contribution in [3.05, 3.63) is 115 Å². The Morgan fingerprint density at radius 1 is 0.914 bits per heavy atom. The van der Waals surface area contributed by atoms with Crippen LogP contribution in [-0.4, -0.2) is 16.0 Å². The van der Waals surface area contributed by atoms with E-state index in [2.05, 4.69) is 15.6 Å². The number of benzene rings is 3. The fraction of sp³-hybridized carbons (Fsp3) is 0.0357. The summed E-state index contributed by atoms with van der Waals surface area (Å²) in [6, 6.07) is 30.4. The molecule has 2 aromatic heterocycles. The Kier molecular flexibility index (Phi) is 6.50. The van der Waals surface area contributed by atoms with E-state index in [1.807, 2.05) is 91.0 Å². The van der Waals surface area contributed by atoms with Crippen LogP contribution in [0.4, 0.5) is 5.69 Å². The highest BCUT2D eigenvalue weighted by Crippen LogP contribution is 2.26. The molecular weight excluding hydrogens is 458 g/mol. The van der Waals surface area contributed by atoms with Crippen molar-refractivity contribution in [3.8, 4) is 17.0 Å². The van der Waals surface area contributed by atoms with E-state index >= 15 is 0 Å². The predicted octanol–water partition coefficient (Wildman–Crippen LogP) is 6.20. The van der Waals surface area contributed by atoms with E-state index in [0.29, 0.717) is 23.6 Å². The van der Waals surface area contributed by atoms with Gasteiger partial charge in [0.1, 0.15) is 17.9 Å². The molecule has 0 saturated carbocycles. The van der Waals surface area contributed by atoms with Gasteiger partial charge in [-0.15, -0.1) is 0 Å².